The van der Waals surface area contributed by atoms with Gasteiger partial charge in [-0.25, -0.2) is 4.98 Å². The second-order valence-corrected chi connectivity index (χ2v) is 6.20. The van der Waals surface area contributed by atoms with Crippen LogP contribution in [-0.2, 0) is 6.61 Å². The Bertz CT molecular complexity index is 558. The van der Waals surface area contributed by atoms with E-state index in [0.717, 1.165) is 16.3 Å². The van der Waals surface area contributed by atoms with Gasteiger partial charge in [-0.3, -0.25) is 4.90 Å². The Labute approximate surface area is 123 Å². The van der Waals surface area contributed by atoms with E-state index in [9.17, 15) is 0 Å². The van der Waals surface area contributed by atoms with E-state index >= 15 is 0 Å². The van der Waals surface area contributed by atoms with Gasteiger partial charge in [0.1, 0.15) is 5.01 Å². The maximum atomic E-state index is 9.07. The third-order valence-electron chi connectivity index (χ3n) is 4.04. The second kappa shape index (κ2) is 6.04. The summed E-state index contributed by atoms with van der Waals surface area (Å²) in [6, 6.07) is 9.19. The van der Waals surface area contributed by atoms with Gasteiger partial charge in [-0.1, -0.05) is 24.3 Å². The molecule has 1 atom stereocenters. The first-order valence-electron chi connectivity index (χ1n) is 7.17. The van der Waals surface area contributed by atoms with Crippen LogP contribution in [-0.4, -0.2) is 28.1 Å². The molecule has 1 aromatic heterocycles. The van der Waals surface area contributed by atoms with Crippen molar-refractivity contribution in [2.24, 2.45) is 0 Å². The van der Waals surface area contributed by atoms with Crippen molar-refractivity contribution in [2.45, 2.75) is 32.4 Å². The van der Waals surface area contributed by atoms with Crippen LogP contribution in [0.4, 0.5) is 0 Å². The highest BCUT2D eigenvalue weighted by molar-refractivity contribution is 7.13. The van der Waals surface area contributed by atoms with Crippen LogP contribution in [0.15, 0.2) is 29.6 Å². The smallest absolute Gasteiger partial charge is 0.123 e. The molecule has 1 saturated heterocycles. The fraction of sp³-hybridized carbons (Fsp3) is 0.438. The maximum absolute atomic E-state index is 9.07. The third kappa shape index (κ3) is 2.77. The van der Waals surface area contributed by atoms with Crippen molar-refractivity contribution in [1.29, 1.82) is 0 Å². The number of rotatable bonds is 4. The quantitative estimate of drug-likeness (QED) is 0.936. The van der Waals surface area contributed by atoms with Gasteiger partial charge >= 0.3 is 0 Å². The zero-order valence-corrected chi connectivity index (χ0v) is 12.6. The summed E-state index contributed by atoms with van der Waals surface area (Å²) in [4.78, 5) is 6.95. The minimum absolute atomic E-state index is 0.0145. The number of nitrogens with zero attached hydrogens (tertiary/aromatic N) is 2. The van der Waals surface area contributed by atoms with E-state index in [4.69, 9.17) is 5.11 Å². The summed E-state index contributed by atoms with van der Waals surface area (Å²) in [6.45, 7) is 4.73. The topological polar surface area (TPSA) is 36.4 Å². The molecule has 0 saturated carbocycles. The molecule has 1 fully saturated rings. The van der Waals surface area contributed by atoms with E-state index < -0.39 is 0 Å². The fourth-order valence-electron chi connectivity index (χ4n) is 2.76. The number of aliphatic hydroxyl groups excluding tert-OH is 1. The summed E-state index contributed by atoms with van der Waals surface area (Å²) in [7, 11) is 0. The van der Waals surface area contributed by atoms with E-state index in [1.807, 2.05) is 5.38 Å². The van der Waals surface area contributed by atoms with Crippen LogP contribution in [0.1, 0.15) is 37.1 Å². The van der Waals surface area contributed by atoms with Gasteiger partial charge in [0.05, 0.1) is 12.3 Å². The van der Waals surface area contributed by atoms with E-state index in [1.165, 1.54) is 31.5 Å². The lowest BCUT2D eigenvalue weighted by Crippen LogP contribution is -2.23. The molecule has 0 spiro atoms. The van der Waals surface area contributed by atoms with Gasteiger partial charge in [0.2, 0.25) is 0 Å². The van der Waals surface area contributed by atoms with Crippen molar-refractivity contribution in [3.05, 3.63) is 40.9 Å². The Morgan fingerprint density at radius 2 is 1.95 bits per heavy atom. The average molecular weight is 288 g/mol. The van der Waals surface area contributed by atoms with Crippen LogP contribution in [0.25, 0.3) is 10.6 Å². The molecular formula is C16H20N2OS. The molecule has 0 radical (unpaired) electrons. The van der Waals surface area contributed by atoms with Crippen LogP contribution in [0, 0.1) is 0 Å². The summed E-state index contributed by atoms with van der Waals surface area (Å²) >= 11 is 1.59. The summed E-state index contributed by atoms with van der Waals surface area (Å²) in [5.74, 6) is 0. The Balaban J connectivity index is 1.76. The summed E-state index contributed by atoms with van der Waals surface area (Å²) < 4.78 is 0. The van der Waals surface area contributed by atoms with Crippen molar-refractivity contribution in [3.63, 3.8) is 0 Å². The largest absolute Gasteiger partial charge is 0.390 e. The number of aliphatic hydroxyl groups is 1. The predicted octanol–water partition coefficient (Wildman–Crippen LogP) is 3.46. The van der Waals surface area contributed by atoms with Gasteiger partial charge in [-0.2, -0.15) is 0 Å². The van der Waals surface area contributed by atoms with Crippen molar-refractivity contribution in [1.82, 2.24) is 9.88 Å². The first kappa shape index (κ1) is 13.7. The van der Waals surface area contributed by atoms with Crippen LogP contribution in [0.3, 0.4) is 0 Å². The highest BCUT2D eigenvalue weighted by Gasteiger charge is 2.19. The van der Waals surface area contributed by atoms with Gasteiger partial charge in [-0.05, 0) is 38.4 Å². The molecule has 0 bridgehead atoms. The average Bonchev–Trinajstić information content (AvgIpc) is 3.18. The van der Waals surface area contributed by atoms with Crippen LogP contribution >= 0.6 is 11.3 Å². The van der Waals surface area contributed by atoms with Crippen LogP contribution in [0.2, 0.25) is 0 Å². The zero-order chi connectivity index (χ0) is 13.9. The standard InChI is InChI=1S/C16H20N2OS/c1-12(18-8-2-3-9-18)13-4-6-14(7-5-13)16-17-15(10-19)11-20-16/h4-7,11-12,19H,2-3,8-10H2,1H3. The number of thiazole rings is 1. The van der Waals surface area contributed by atoms with Gasteiger partial charge in [-0.15, -0.1) is 11.3 Å². The Kier molecular flexibility index (Phi) is 4.15. The van der Waals surface area contributed by atoms with Gasteiger partial charge in [0, 0.05) is 17.0 Å². The molecule has 1 aromatic carbocycles. The molecule has 1 aliphatic rings. The molecule has 1 unspecified atom stereocenters. The summed E-state index contributed by atoms with van der Waals surface area (Å²) in [5, 5.41) is 12.0. The Morgan fingerprint density at radius 1 is 1.25 bits per heavy atom. The molecule has 106 valence electrons. The summed E-state index contributed by atoms with van der Waals surface area (Å²) in [6.07, 6.45) is 2.65. The van der Waals surface area contributed by atoms with Crippen molar-refractivity contribution in [2.75, 3.05) is 13.1 Å². The molecule has 3 rings (SSSR count). The molecule has 3 nitrogen and oxygen atoms in total. The normalized spacial score (nSPS) is 17.5. The number of benzene rings is 1. The monoisotopic (exact) mass is 288 g/mol. The first-order chi connectivity index (χ1) is 9.78. The number of hydrogen-bond donors (Lipinski definition) is 1. The molecular weight excluding hydrogens is 268 g/mol. The summed E-state index contributed by atoms with van der Waals surface area (Å²) in [5.41, 5.74) is 3.25. The Hall–Kier alpha value is -1.23. The lowest BCUT2D eigenvalue weighted by Gasteiger charge is -2.24. The van der Waals surface area contributed by atoms with Crippen molar-refractivity contribution >= 4 is 11.3 Å². The molecule has 0 amide bonds. The number of aromatic nitrogens is 1. The highest BCUT2D eigenvalue weighted by Crippen LogP contribution is 2.28. The van der Waals surface area contributed by atoms with Crippen molar-refractivity contribution in [3.8, 4) is 10.6 Å². The molecule has 20 heavy (non-hydrogen) atoms. The van der Waals surface area contributed by atoms with E-state index in [2.05, 4.69) is 41.1 Å². The lowest BCUT2D eigenvalue weighted by atomic mass is 10.1. The molecule has 1 N–H and O–H groups in total. The van der Waals surface area contributed by atoms with Gasteiger partial charge in [0.25, 0.3) is 0 Å². The lowest BCUT2D eigenvalue weighted by molar-refractivity contribution is 0.263. The zero-order valence-electron chi connectivity index (χ0n) is 11.7. The van der Waals surface area contributed by atoms with Crippen molar-refractivity contribution < 1.29 is 5.11 Å². The second-order valence-electron chi connectivity index (χ2n) is 5.34. The Morgan fingerprint density at radius 3 is 2.55 bits per heavy atom. The minimum Gasteiger partial charge on any atom is -0.390 e. The SMILES string of the molecule is CC(c1ccc(-c2nc(CO)cs2)cc1)N1CCCC1. The number of hydrogen-bond acceptors (Lipinski definition) is 4. The molecule has 2 aromatic rings. The fourth-order valence-corrected chi connectivity index (χ4v) is 3.57. The molecule has 4 heteroatoms. The maximum Gasteiger partial charge on any atom is 0.123 e. The highest BCUT2D eigenvalue weighted by atomic mass is 32.1. The van der Waals surface area contributed by atoms with E-state index in [-0.39, 0.29) is 6.61 Å². The molecule has 2 heterocycles. The minimum atomic E-state index is 0.0145. The molecule has 1 aliphatic heterocycles. The molecule has 0 aliphatic carbocycles. The van der Waals surface area contributed by atoms with Gasteiger partial charge in [0.15, 0.2) is 0 Å². The third-order valence-corrected chi connectivity index (χ3v) is 4.98. The predicted molar refractivity (Wildman–Crippen MR) is 82.7 cm³/mol. The van der Waals surface area contributed by atoms with Gasteiger partial charge < -0.3 is 5.11 Å². The van der Waals surface area contributed by atoms with E-state index in [1.54, 1.807) is 11.3 Å². The van der Waals surface area contributed by atoms with E-state index in [0.29, 0.717) is 6.04 Å². The number of likely N-dealkylation sites (tertiary alicyclic amines) is 1. The van der Waals surface area contributed by atoms with Crippen LogP contribution < -0.4 is 0 Å². The first-order valence-corrected chi connectivity index (χ1v) is 8.05. The van der Waals surface area contributed by atoms with Crippen LogP contribution in [0.5, 0.6) is 0 Å².